The normalized spacial score (nSPS) is 35.1. The number of nitrogens with two attached hydrogens (primary N) is 1. The molecule has 1 saturated heterocycles. The van der Waals surface area contributed by atoms with Crippen molar-refractivity contribution in [3.8, 4) is 0 Å². The third-order valence-corrected chi connectivity index (χ3v) is 2.73. The summed E-state index contributed by atoms with van der Waals surface area (Å²) in [6.07, 6.45) is 2.63. The molecule has 0 bridgehead atoms. The van der Waals surface area contributed by atoms with Gasteiger partial charge in [0, 0.05) is 12.6 Å². The van der Waals surface area contributed by atoms with Crippen LogP contribution in [0.5, 0.6) is 0 Å². The molecule has 1 aliphatic heterocycles. The molecule has 2 unspecified atom stereocenters. The van der Waals surface area contributed by atoms with E-state index in [1.165, 1.54) is 19.4 Å². The van der Waals surface area contributed by atoms with Crippen LogP contribution in [0.1, 0.15) is 19.8 Å². The molecule has 2 N–H and O–H groups in total. The Balaban J connectivity index is 2.45. The fourth-order valence-corrected chi connectivity index (χ4v) is 1.94. The van der Waals surface area contributed by atoms with Crippen LogP contribution in [0.2, 0.25) is 0 Å². The van der Waals surface area contributed by atoms with Crippen molar-refractivity contribution in [3.05, 3.63) is 0 Å². The first-order chi connectivity index (χ1) is 4.79. The van der Waals surface area contributed by atoms with Crippen LogP contribution in [0.25, 0.3) is 0 Å². The van der Waals surface area contributed by atoms with E-state index >= 15 is 0 Å². The van der Waals surface area contributed by atoms with Gasteiger partial charge in [-0.2, -0.15) is 0 Å². The molecule has 2 heteroatoms. The molecule has 1 aliphatic rings. The molecule has 1 rings (SSSR count). The van der Waals surface area contributed by atoms with Gasteiger partial charge in [-0.3, -0.25) is 0 Å². The number of hydrogen-bond acceptors (Lipinski definition) is 2. The zero-order valence-corrected chi connectivity index (χ0v) is 7.01. The molecule has 1 fully saturated rings. The zero-order valence-electron chi connectivity index (χ0n) is 7.01. The van der Waals surface area contributed by atoms with E-state index in [4.69, 9.17) is 5.73 Å². The summed E-state index contributed by atoms with van der Waals surface area (Å²) in [5.41, 5.74) is 5.65. The Hall–Kier alpha value is -0.0800. The van der Waals surface area contributed by atoms with E-state index in [1.807, 2.05) is 0 Å². The quantitative estimate of drug-likeness (QED) is 0.614. The minimum atomic E-state index is 0.657. The molecule has 60 valence electrons. The van der Waals surface area contributed by atoms with Gasteiger partial charge in [-0.1, -0.05) is 13.3 Å². The first-order valence-electron chi connectivity index (χ1n) is 4.20. The summed E-state index contributed by atoms with van der Waals surface area (Å²) >= 11 is 0. The highest BCUT2D eigenvalue weighted by Crippen LogP contribution is 2.24. The Morgan fingerprint density at radius 3 is 2.70 bits per heavy atom. The largest absolute Gasteiger partial charge is 0.329 e. The Morgan fingerprint density at radius 2 is 2.30 bits per heavy atom. The minimum absolute atomic E-state index is 0.657. The van der Waals surface area contributed by atoms with E-state index in [-0.39, 0.29) is 0 Å². The predicted molar refractivity (Wildman–Crippen MR) is 43.9 cm³/mol. The van der Waals surface area contributed by atoms with Crippen molar-refractivity contribution in [2.24, 2.45) is 11.7 Å². The molecule has 10 heavy (non-hydrogen) atoms. The summed E-state index contributed by atoms with van der Waals surface area (Å²) in [4.78, 5) is 2.38. The Morgan fingerprint density at radius 1 is 1.60 bits per heavy atom. The summed E-state index contributed by atoms with van der Waals surface area (Å²) in [6, 6.07) is 0.657. The fraction of sp³-hybridized carbons (Fsp3) is 1.00. The van der Waals surface area contributed by atoms with Gasteiger partial charge in [-0.05, 0) is 25.9 Å². The van der Waals surface area contributed by atoms with Crippen molar-refractivity contribution in [2.45, 2.75) is 25.8 Å². The van der Waals surface area contributed by atoms with Gasteiger partial charge in [0.2, 0.25) is 0 Å². The van der Waals surface area contributed by atoms with Gasteiger partial charge in [0.05, 0.1) is 0 Å². The number of likely N-dealkylation sites (tertiary alicyclic amines) is 1. The van der Waals surface area contributed by atoms with Crippen LogP contribution in [-0.4, -0.2) is 31.1 Å². The van der Waals surface area contributed by atoms with E-state index < -0.39 is 0 Å². The highest BCUT2D eigenvalue weighted by Gasteiger charge is 2.28. The van der Waals surface area contributed by atoms with Gasteiger partial charge >= 0.3 is 0 Å². The number of hydrogen-bond donors (Lipinski definition) is 1. The molecular weight excluding hydrogens is 124 g/mol. The highest BCUT2D eigenvalue weighted by atomic mass is 15.2. The van der Waals surface area contributed by atoms with E-state index in [2.05, 4.69) is 18.9 Å². The minimum Gasteiger partial charge on any atom is -0.329 e. The van der Waals surface area contributed by atoms with Crippen LogP contribution in [0.15, 0.2) is 0 Å². The standard InChI is InChI=1S/C8H18N2/c1-3-7-4-5-10(2)8(7)6-9/h7-8H,3-6,9H2,1-2H3. The van der Waals surface area contributed by atoms with Crippen molar-refractivity contribution < 1.29 is 0 Å². The molecular formula is C8H18N2. The van der Waals surface area contributed by atoms with Crippen molar-refractivity contribution in [2.75, 3.05) is 20.1 Å². The molecule has 0 aromatic heterocycles. The molecule has 0 spiro atoms. The molecule has 0 aromatic rings. The SMILES string of the molecule is CCC1CCN(C)C1CN. The maximum atomic E-state index is 5.65. The van der Waals surface area contributed by atoms with Crippen molar-refractivity contribution >= 4 is 0 Å². The molecule has 0 amide bonds. The van der Waals surface area contributed by atoms with Crippen LogP contribution >= 0.6 is 0 Å². The highest BCUT2D eigenvalue weighted by molar-refractivity contribution is 4.84. The average molecular weight is 142 g/mol. The molecule has 2 nitrogen and oxygen atoms in total. The maximum Gasteiger partial charge on any atom is 0.0243 e. The second kappa shape index (κ2) is 3.35. The predicted octanol–water partition coefficient (Wildman–Crippen LogP) is 0.675. The second-order valence-corrected chi connectivity index (χ2v) is 3.24. The molecule has 0 radical (unpaired) electrons. The smallest absolute Gasteiger partial charge is 0.0243 e. The third-order valence-electron chi connectivity index (χ3n) is 2.73. The van der Waals surface area contributed by atoms with Gasteiger partial charge in [-0.25, -0.2) is 0 Å². The first-order valence-corrected chi connectivity index (χ1v) is 4.20. The molecule has 1 heterocycles. The molecule has 0 saturated carbocycles. The number of rotatable bonds is 2. The van der Waals surface area contributed by atoms with Crippen LogP contribution < -0.4 is 5.73 Å². The van der Waals surface area contributed by atoms with Gasteiger partial charge in [0.15, 0.2) is 0 Å². The van der Waals surface area contributed by atoms with Crippen molar-refractivity contribution in [1.82, 2.24) is 4.90 Å². The van der Waals surface area contributed by atoms with Gasteiger partial charge in [0.25, 0.3) is 0 Å². The van der Waals surface area contributed by atoms with Gasteiger partial charge in [-0.15, -0.1) is 0 Å². The lowest BCUT2D eigenvalue weighted by molar-refractivity contribution is 0.274. The molecule has 0 aliphatic carbocycles. The lowest BCUT2D eigenvalue weighted by Gasteiger charge is -2.21. The van der Waals surface area contributed by atoms with Crippen LogP contribution in [0.4, 0.5) is 0 Å². The van der Waals surface area contributed by atoms with Crippen LogP contribution in [-0.2, 0) is 0 Å². The zero-order chi connectivity index (χ0) is 7.56. The summed E-state index contributed by atoms with van der Waals surface area (Å²) in [5.74, 6) is 0.856. The van der Waals surface area contributed by atoms with E-state index in [9.17, 15) is 0 Å². The summed E-state index contributed by atoms with van der Waals surface area (Å²) in [5, 5.41) is 0. The Bertz CT molecular complexity index is 103. The molecule has 0 aromatic carbocycles. The topological polar surface area (TPSA) is 29.3 Å². The average Bonchev–Trinajstić information content (AvgIpc) is 2.30. The van der Waals surface area contributed by atoms with E-state index in [1.54, 1.807) is 0 Å². The molecule has 2 atom stereocenters. The summed E-state index contributed by atoms with van der Waals surface area (Å²) < 4.78 is 0. The van der Waals surface area contributed by atoms with E-state index in [0.29, 0.717) is 6.04 Å². The van der Waals surface area contributed by atoms with Gasteiger partial charge < -0.3 is 10.6 Å². The monoisotopic (exact) mass is 142 g/mol. The van der Waals surface area contributed by atoms with Crippen LogP contribution in [0, 0.1) is 5.92 Å². The second-order valence-electron chi connectivity index (χ2n) is 3.24. The maximum absolute atomic E-state index is 5.65. The third kappa shape index (κ3) is 1.32. The van der Waals surface area contributed by atoms with Crippen LogP contribution in [0.3, 0.4) is 0 Å². The number of nitrogens with zero attached hydrogens (tertiary/aromatic N) is 1. The van der Waals surface area contributed by atoms with Gasteiger partial charge in [0.1, 0.15) is 0 Å². The first kappa shape index (κ1) is 8.02. The Kier molecular flexibility index (Phi) is 2.69. The Labute approximate surface area is 63.4 Å². The van der Waals surface area contributed by atoms with E-state index in [0.717, 1.165) is 12.5 Å². The van der Waals surface area contributed by atoms with Crippen molar-refractivity contribution in [3.63, 3.8) is 0 Å². The number of likely N-dealkylation sites (N-methyl/N-ethyl adjacent to an activating group) is 1. The summed E-state index contributed by atoms with van der Waals surface area (Å²) in [7, 11) is 2.17. The lowest BCUT2D eigenvalue weighted by atomic mass is 9.98. The van der Waals surface area contributed by atoms with Crippen molar-refractivity contribution in [1.29, 1.82) is 0 Å². The summed E-state index contributed by atoms with van der Waals surface area (Å²) in [6.45, 7) is 4.32. The fourth-order valence-electron chi connectivity index (χ4n) is 1.94. The lowest BCUT2D eigenvalue weighted by Crippen LogP contribution is -2.36.